The Balaban J connectivity index is 1.30. The van der Waals surface area contributed by atoms with Crippen LogP contribution in [0.5, 0.6) is 11.5 Å². The van der Waals surface area contributed by atoms with Gasteiger partial charge in [-0.15, -0.1) is 0 Å². The van der Waals surface area contributed by atoms with Crippen LogP contribution in [0.3, 0.4) is 0 Å². The maximum Gasteiger partial charge on any atom is 0.146 e. The van der Waals surface area contributed by atoms with Crippen molar-refractivity contribution in [3.05, 3.63) is 84.9 Å². The number of aromatic nitrogens is 1. The number of para-hydroxylation sites is 1. The molecule has 3 aromatic carbocycles. The van der Waals surface area contributed by atoms with Gasteiger partial charge in [0.15, 0.2) is 0 Å². The first kappa shape index (κ1) is 19.8. The highest BCUT2D eigenvalue weighted by Crippen LogP contribution is 2.26. The van der Waals surface area contributed by atoms with Crippen molar-refractivity contribution in [3.8, 4) is 22.6 Å². The second kappa shape index (κ2) is 9.31. The minimum atomic E-state index is 0.0538. The van der Waals surface area contributed by atoms with Gasteiger partial charge in [0.25, 0.3) is 0 Å². The number of nitrogen functional groups attached to an aromatic ring is 1. The van der Waals surface area contributed by atoms with E-state index in [9.17, 15) is 0 Å². The summed E-state index contributed by atoms with van der Waals surface area (Å²) in [5.41, 5.74) is 8.99. The molecule has 1 aromatic heterocycles. The lowest BCUT2D eigenvalue weighted by molar-refractivity contribution is 0.195. The van der Waals surface area contributed by atoms with E-state index >= 15 is 0 Å². The smallest absolute Gasteiger partial charge is 0.146 e. The number of ether oxygens (including phenoxy) is 2. The Bertz CT molecular complexity index is 1110. The minimum absolute atomic E-state index is 0.0538. The van der Waals surface area contributed by atoms with Gasteiger partial charge in [-0.25, -0.2) is 4.98 Å². The lowest BCUT2D eigenvalue weighted by Crippen LogP contribution is -2.13. The molecule has 1 atom stereocenters. The van der Waals surface area contributed by atoms with Crippen LogP contribution in [-0.4, -0.2) is 17.7 Å². The van der Waals surface area contributed by atoms with Gasteiger partial charge in [0.1, 0.15) is 22.8 Å². The number of rotatable bonds is 8. The Morgan fingerprint density at radius 3 is 2.53 bits per heavy atom. The second-order valence-electron chi connectivity index (χ2n) is 7.38. The van der Waals surface area contributed by atoms with Gasteiger partial charge in [0.05, 0.1) is 12.7 Å². The van der Waals surface area contributed by atoms with Gasteiger partial charge in [-0.05, 0) is 61.2 Å². The fourth-order valence-electron chi connectivity index (χ4n) is 3.46. The van der Waals surface area contributed by atoms with E-state index in [1.165, 1.54) is 5.56 Å². The Kier molecular flexibility index (Phi) is 6.14. The Morgan fingerprint density at radius 2 is 1.67 bits per heavy atom. The first-order chi connectivity index (χ1) is 14.7. The zero-order chi connectivity index (χ0) is 20.8. The van der Waals surface area contributed by atoms with Crippen LogP contribution in [0.15, 0.2) is 84.9 Å². The normalized spacial score (nSPS) is 11.9. The molecule has 0 amide bonds. The summed E-state index contributed by atoms with van der Waals surface area (Å²) < 4.78 is 12.1. The maximum atomic E-state index is 6.14. The average Bonchev–Trinajstić information content (AvgIpc) is 2.78. The molecule has 30 heavy (non-hydrogen) atoms. The Hall–Kier alpha value is -3.53. The molecule has 152 valence electrons. The van der Waals surface area contributed by atoms with Crippen molar-refractivity contribution in [2.75, 3.05) is 12.3 Å². The highest BCUT2D eigenvalue weighted by atomic mass is 16.5. The minimum Gasteiger partial charge on any atom is -0.494 e. The van der Waals surface area contributed by atoms with Gasteiger partial charge in [0, 0.05) is 5.39 Å². The van der Waals surface area contributed by atoms with Gasteiger partial charge in [-0.2, -0.15) is 0 Å². The van der Waals surface area contributed by atoms with E-state index in [0.29, 0.717) is 12.4 Å². The SMILES string of the molecule is CC(CCCOc1cccc(-c2ccccc2)c1)Oc1cccc2ccc(N)nc12. The highest BCUT2D eigenvalue weighted by Gasteiger charge is 2.09. The summed E-state index contributed by atoms with van der Waals surface area (Å²) in [5, 5.41) is 1.02. The van der Waals surface area contributed by atoms with Gasteiger partial charge >= 0.3 is 0 Å². The summed E-state index contributed by atoms with van der Waals surface area (Å²) in [5.74, 6) is 2.15. The van der Waals surface area contributed by atoms with Crippen molar-refractivity contribution < 1.29 is 9.47 Å². The molecule has 0 aliphatic heterocycles. The third-order valence-corrected chi connectivity index (χ3v) is 5.00. The predicted molar refractivity (Wildman–Crippen MR) is 123 cm³/mol. The van der Waals surface area contributed by atoms with Crippen LogP contribution in [0.4, 0.5) is 5.82 Å². The van der Waals surface area contributed by atoms with Crippen molar-refractivity contribution in [3.63, 3.8) is 0 Å². The lowest BCUT2D eigenvalue weighted by atomic mass is 10.1. The zero-order valence-corrected chi connectivity index (χ0v) is 17.1. The molecule has 4 rings (SSSR count). The van der Waals surface area contributed by atoms with E-state index in [2.05, 4.69) is 36.2 Å². The molecule has 0 fully saturated rings. The summed E-state index contributed by atoms with van der Waals surface area (Å²) >= 11 is 0. The Labute approximate surface area is 177 Å². The number of nitrogens with zero attached hydrogens (tertiary/aromatic N) is 1. The standard InChI is InChI=1S/C26H26N2O2/c1-19(30-24-14-6-11-21-15-16-25(27)28-26(21)24)8-7-17-29-23-13-5-12-22(18-23)20-9-3-2-4-10-20/h2-6,9-16,18-19H,7-8,17H2,1H3,(H2,27,28). The summed E-state index contributed by atoms with van der Waals surface area (Å²) in [6, 6.07) is 28.2. The van der Waals surface area contributed by atoms with E-state index in [1.54, 1.807) is 6.07 Å². The van der Waals surface area contributed by atoms with Crippen LogP contribution >= 0.6 is 0 Å². The molecule has 0 aliphatic carbocycles. The summed E-state index contributed by atoms with van der Waals surface area (Å²) in [4.78, 5) is 4.43. The van der Waals surface area contributed by atoms with Crippen LogP contribution in [0.25, 0.3) is 22.0 Å². The topological polar surface area (TPSA) is 57.4 Å². The van der Waals surface area contributed by atoms with Gasteiger partial charge in [0.2, 0.25) is 0 Å². The number of fused-ring (bicyclic) bond motifs is 1. The van der Waals surface area contributed by atoms with Crippen LogP contribution in [-0.2, 0) is 0 Å². The third-order valence-electron chi connectivity index (χ3n) is 5.00. The van der Waals surface area contributed by atoms with Crippen molar-refractivity contribution >= 4 is 16.7 Å². The predicted octanol–water partition coefficient (Wildman–Crippen LogP) is 6.11. The number of benzene rings is 3. The number of pyridine rings is 1. The third kappa shape index (κ3) is 4.90. The second-order valence-corrected chi connectivity index (χ2v) is 7.38. The van der Waals surface area contributed by atoms with Crippen LogP contribution in [0.1, 0.15) is 19.8 Å². The summed E-state index contributed by atoms with van der Waals surface area (Å²) in [7, 11) is 0. The summed E-state index contributed by atoms with van der Waals surface area (Å²) in [6.07, 6.45) is 1.84. The van der Waals surface area contributed by atoms with Gasteiger partial charge in [-0.3, -0.25) is 0 Å². The largest absolute Gasteiger partial charge is 0.494 e. The zero-order valence-electron chi connectivity index (χ0n) is 17.1. The molecule has 0 aliphatic rings. The number of hydrogen-bond donors (Lipinski definition) is 1. The molecule has 1 heterocycles. The molecule has 1 unspecified atom stereocenters. The van der Waals surface area contributed by atoms with E-state index in [-0.39, 0.29) is 6.10 Å². The molecular weight excluding hydrogens is 372 g/mol. The van der Waals surface area contributed by atoms with Crippen LogP contribution < -0.4 is 15.2 Å². The van der Waals surface area contributed by atoms with E-state index in [4.69, 9.17) is 15.2 Å². The fraction of sp³-hybridized carbons (Fsp3) is 0.192. The van der Waals surface area contributed by atoms with Gasteiger partial charge in [-0.1, -0.05) is 54.6 Å². The van der Waals surface area contributed by atoms with E-state index < -0.39 is 0 Å². The van der Waals surface area contributed by atoms with Crippen LogP contribution in [0, 0.1) is 0 Å². The van der Waals surface area contributed by atoms with Crippen molar-refractivity contribution in [1.82, 2.24) is 4.98 Å². The maximum absolute atomic E-state index is 6.14. The molecule has 4 nitrogen and oxygen atoms in total. The average molecular weight is 399 g/mol. The lowest BCUT2D eigenvalue weighted by Gasteiger charge is -2.16. The molecule has 0 radical (unpaired) electrons. The first-order valence-electron chi connectivity index (χ1n) is 10.3. The first-order valence-corrected chi connectivity index (χ1v) is 10.3. The molecule has 2 N–H and O–H groups in total. The van der Waals surface area contributed by atoms with E-state index in [1.807, 2.05) is 54.6 Å². The fourth-order valence-corrected chi connectivity index (χ4v) is 3.46. The number of nitrogens with two attached hydrogens (primary N) is 1. The molecular formula is C26H26N2O2. The van der Waals surface area contributed by atoms with Gasteiger partial charge < -0.3 is 15.2 Å². The monoisotopic (exact) mass is 398 g/mol. The molecule has 4 heteroatoms. The number of hydrogen-bond acceptors (Lipinski definition) is 4. The quantitative estimate of drug-likeness (QED) is 0.364. The number of anilines is 1. The molecule has 0 saturated carbocycles. The molecule has 4 aromatic rings. The van der Waals surface area contributed by atoms with E-state index in [0.717, 1.165) is 40.8 Å². The molecule has 0 spiro atoms. The molecule has 0 bridgehead atoms. The van der Waals surface area contributed by atoms with Crippen molar-refractivity contribution in [2.45, 2.75) is 25.9 Å². The van der Waals surface area contributed by atoms with Crippen molar-refractivity contribution in [2.24, 2.45) is 0 Å². The highest BCUT2D eigenvalue weighted by molar-refractivity contribution is 5.85. The Morgan fingerprint density at radius 1 is 0.867 bits per heavy atom. The summed E-state index contributed by atoms with van der Waals surface area (Å²) in [6.45, 7) is 2.72. The molecule has 0 saturated heterocycles. The van der Waals surface area contributed by atoms with Crippen molar-refractivity contribution in [1.29, 1.82) is 0 Å². The van der Waals surface area contributed by atoms with Crippen LogP contribution in [0.2, 0.25) is 0 Å².